The van der Waals surface area contributed by atoms with Crippen molar-refractivity contribution < 1.29 is 14.3 Å². The Balaban J connectivity index is 1.62. The van der Waals surface area contributed by atoms with Gasteiger partial charge in [-0.3, -0.25) is 4.79 Å². The monoisotopic (exact) mass is 479 g/mol. The number of unbranched alkanes of at least 4 members (excludes halogenated alkanes) is 1. The second kappa shape index (κ2) is 11.4. The minimum Gasteiger partial charge on any atom is -0.493 e. The van der Waals surface area contributed by atoms with E-state index in [1.807, 2.05) is 24.3 Å². The van der Waals surface area contributed by atoms with Gasteiger partial charge in [0.05, 0.1) is 25.2 Å². The highest BCUT2D eigenvalue weighted by Crippen LogP contribution is 2.29. The molecule has 164 valence electrons. The lowest BCUT2D eigenvalue weighted by Gasteiger charge is -2.10. The van der Waals surface area contributed by atoms with Gasteiger partial charge in [-0.2, -0.15) is 5.10 Å². The number of methoxy groups -OCH3 is 1. The van der Waals surface area contributed by atoms with Crippen LogP contribution in [0.5, 0.6) is 11.5 Å². The van der Waals surface area contributed by atoms with Crippen molar-refractivity contribution in [3.8, 4) is 11.5 Å². The number of nitrogens with one attached hydrogen (secondary N) is 1. The molecule has 9 heteroatoms. The van der Waals surface area contributed by atoms with E-state index in [1.165, 1.54) is 11.8 Å². The van der Waals surface area contributed by atoms with Gasteiger partial charge < -0.3 is 14.8 Å². The van der Waals surface area contributed by atoms with Crippen LogP contribution in [-0.2, 0) is 11.2 Å². The quantitative estimate of drug-likeness (QED) is 0.299. The summed E-state index contributed by atoms with van der Waals surface area (Å²) in [6, 6.07) is 10.8. The summed E-state index contributed by atoms with van der Waals surface area (Å²) in [6.07, 6.45) is 4.13. The second-order valence-electron chi connectivity index (χ2n) is 6.80. The van der Waals surface area contributed by atoms with Crippen molar-refractivity contribution in [3.05, 3.63) is 57.6 Å². The van der Waals surface area contributed by atoms with E-state index < -0.39 is 0 Å². The first-order valence-electron chi connectivity index (χ1n) is 9.83. The molecule has 1 atom stereocenters. The third kappa shape index (κ3) is 6.63. The van der Waals surface area contributed by atoms with Gasteiger partial charge in [-0.15, -0.1) is 5.10 Å². The minimum absolute atomic E-state index is 0.125. The number of nitrogens with zero attached hydrogens (tertiary/aromatic N) is 2. The fraction of sp³-hybridized carbons (Fsp3) is 0.318. The molecule has 0 aliphatic carbocycles. The van der Waals surface area contributed by atoms with Gasteiger partial charge in [0, 0.05) is 10.0 Å². The molecule has 1 heterocycles. The lowest BCUT2D eigenvalue weighted by atomic mass is 10.1. The normalized spacial score (nSPS) is 17.4. The molecule has 1 fully saturated rings. The van der Waals surface area contributed by atoms with E-state index in [0.29, 0.717) is 39.7 Å². The molecule has 2 aromatic carbocycles. The van der Waals surface area contributed by atoms with Crippen LogP contribution in [-0.4, -0.2) is 36.3 Å². The molecule has 31 heavy (non-hydrogen) atoms. The van der Waals surface area contributed by atoms with Crippen molar-refractivity contribution in [1.29, 1.82) is 0 Å². The Kier molecular flexibility index (Phi) is 8.63. The molecular formula is C22H23Cl2N3O3S. The van der Waals surface area contributed by atoms with Crippen LogP contribution in [0.1, 0.15) is 30.9 Å². The molecule has 1 aliphatic rings. The van der Waals surface area contributed by atoms with Gasteiger partial charge in [-0.05, 0) is 54.3 Å². The number of amidine groups is 1. The third-order valence-corrected chi connectivity index (χ3v) is 6.15. The minimum atomic E-state index is -0.327. The van der Waals surface area contributed by atoms with Crippen LogP contribution in [0.4, 0.5) is 0 Å². The average molecular weight is 480 g/mol. The van der Waals surface area contributed by atoms with Crippen LogP contribution >= 0.6 is 35.0 Å². The molecule has 3 rings (SSSR count). The summed E-state index contributed by atoms with van der Waals surface area (Å²) in [6.45, 7) is 2.76. The molecule has 1 unspecified atom stereocenters. The molecule has 2 aromatic rings. The maximum Gasteiger partial charge on any atom is 0.239 e. The Morgan fingerprint density at radius 3 is 2.77 bits per heavy atom. The lowest BCUT2D eigenvalue weighted by molar-refractivity contribution is -0.118. The van der Waals surface area contributed by atoms with Crippen LogP contribution in [0.15, 0.2) is 46.6 Å². The first-order chi connectivity index (χ1) is 15.0. The third-order valence-electron chi connectivity index (χ3n) is 4.50. The maximum atomic E-state index is 12.3. The molecule has 0 spiro atoms. The van der Waals surface area contributed by atoms with E-state index in [1.54, 1.807) is 25.5 Å². The Morgan fingerprint density at radius 1 is 1.19 bits per heavy atom. The highest BCUT2D eigenvalue weighted by atomic mass is 35.5. The highest BCUT2D eigenvalue weighted by Gasteiger charge is 2.31. The molecule has 6 nitrogen and oxygen atoms in total. The number of rotatable bonds is 9. The topological polar surface area (TPSA) is 72.3 Å². The maximum absolute atomic E-state index is 12.3. The molecule has 0 radical (unpaired) electrons. The van der Waals surface area contributed by atoms with Crippen molar-refractivity contribution in [2.24, 2.45) is 10.2 Å². The number of hydrogen-bond acceptors (Lipinski definition) is 6. The fourth-order valence-electron chi connectivity index (χ4n) is 2.83. The fourth-order valence-corrected chi connectivity index (χ4v) is 4.27. The van der Waals surface area contributed by atoms with Gasteiger partial charge in [0.15, 0.2) is 16.7 Å². The van der Waals surface area contributed by atoms with Gasteiger partial charge in [0.2, 0.25) is 5.91 Å². The molecule has 1 saturated heterocycles. The standard InChI is InChI=1S/C22H23Cl2N3O3S/c1-3-4-9-30-18-8-5-14(10-19(18)29-2)13-25-27-22-26-21(28)20(31-22)11-15-6-7-16(23)12-17(15)24/h5-8,10,12-13,20H,3-4,9,11H2,1-2H3,(H,26,27,28)/b25-13+. The molecule has 0 bridgehead atoms. The van der Waals surface area contributed by atoms with Crippen molar-refractivity contribution in [2.45, 2.75) is 31.4 Å². The van der Waals surface area contributed by atoms with E-state index >= 15 is 0 Å². The number of ether oxygens (including phenoxy) is 2. The van der Waals surface area contributed by atoms with Crippen LogP contribution < -0.4 is 14.8 Å². The zero-order chi connectivity index (χ0) is 22.2. The predicted molar refractivity (Wildman–Crippen MR) is 128 cm³/mol. The Bertz CT molecular complexity index is 998. The largest absolute Gasteiger partial charge is 0.493 e. The number of hydrogen-bond donors (Lipinski definition) is 1. The van der Waals surface area contributed by atoms with E-state index in [4.69, 9.17) is 32.7 Å². The van der Waals surface area contributed by atoms with Gasteiger partial charge in [-0.1, -0.05) is 54.4 Å². The number of thioether (sulfide) groups is 1. The summed E-state index contributed by atoms with van der Waals surface area (Å²) in [5, 5.41) is 12.2. The molecule has 1 N–H and O–H groups in total. The van der Waals surface area contributed by atoms with E-state index in [0.717, 1.165) is 24.0 Å². The Morgan fingerprint density at radius 2 is 2.03 bits per heavy atom. The zero-order valence-corrected chi connectivity index (χ0v) is 19.6. The highest BCUT2D eigenvalue weighted by molar-refractivity contribution is 8.15. The zero-order valence-electron chi connectivity index (χ0n) is 17.2. The van der Waals surface area contributed by atoms with Crippen LogP contribution in [0.2, 0.25) is 10.0 Å². The van der Waals surface area contributed by atoms with Gasteiger partial charge in [0.25, 0.3) is 0 Å². The SMILES string of the molecule is CCCCOc1ccc(/C=N/N=C2\NC(=O)C(Cc3ccc(Cl)cc3Cl)S2)cc1OC. The van der Waals surface area contributed by atoms with Crippen molar-refractivity contribution in [3.63, 3.8) is 0 Å². The van der Waals surface area contributed by atoms with Crippen LogP contribution in [0.25, 0.3) is 0 Å². The van der Waals surface area contributed by atoms with Gasteiger partial charge in [-0.25, -0.2) is 0 Å². The first kappa shape index (κ1) is 23.4. The summed E-state index contributed by atoms with van der Waals surface area (Å²) < 4.78 is 11.1. The van der Waals surface area contributed by atoms with Crippen LogP contribution in [0.3, 0.4) is 0 Å². The molecule has 0 aromatic heterocycles. The molecular weight excluding hydrogens is 457 g/mol. The molecule has 0 saturated carbocycles. The smallest absolute Gasteiger partial charge is 0.239 e. The number of carbonyl (C=O) groups excluding carboxylic acids is 1. The number of halogens is 2. The summed E-state index contributed by atoms with van der Waals surface area (Å²) in [7, 11) is 1.60. The summed E-state index contributed by atoms with van der Waals surface area (Å²) >= 11 is 13.5. The number of carbonyl (C=O) groups is 1. The summed E-state index contributed by atoms with van der Waals surface area (Å²) in [5.41, 5.74) is 1.67. The van der Waals surface area contributed by atoms with Crippen LogP contribution in [0, 0.1) is 0 Å². The molecule has 1 aliphatic heterocycles. The lowest BCUT2D eigenvalue weighted by Crippen LogP contribution is -2.26. The Hall–Kier alpha value is -2.22. The van der Waals surface area contributed by atoms with Crippen molar-refractivity contribution >= 4 is 52.3 Å². The van der Waals surface area contributed by atoms with Crippen molar-refractivity contribution in [1.82, 2.24) is 5.32 Å². The van der Waals surface area contributed by atoms with E-state index in [-0.39, 0.29) is 11.2 Å². The first-order valence-corrected chi connectivity index (χ1v) is 11.5. The van der Waals surface area contributed by atoms with E-state index in [9.17, 15) is 4.79 Å². The van der Waals surface area contributed by atoms with Crippen molar-refractivity contribution in [2.75, 3.05) is 13.7 Å². The Labute approximate surface area is 196 Å². The summed E-state index contributed by atoms with van der Waals surface area (Å²) in [4.78, 5) is 12.3. The van der Waals surface area contributed by atoms with Gasteiger partial charge >= 0.3 is 0 Å². The van der Waals surface area contributed by atoms with Gasteiger partial charge in [0.1, 0.15) is 0 Å². The predicted octanol–water partition coefficient (Wildman–Crippen LogP) is 5.35. The van der Waals surface area contributed by atoms with E-state index in [2.05, 4.69) is 22.4 Å². The average Bonchev–Trinajstić information content (AvgIpc) is 3.10. The number of benzene rings is 2. The number of amides is 1. The molecule has 1 amide bonds. The second-order valence-corrected chi connectivity index (χ2v) is 8.83. The summed E-state index contributed by atoms with van der Waals surface area (Å²) in [5.74, 6) is 1.21.